The van der Waals surface area contributed by atoms with Gasteiger partial charge in [0.2, 0.25) is 5.71 Å². The van der Waals surface area contributed by atoms with Crippen LogP contribution in [0.5, 0.6) is 0 Å². The lowest BCUT2D eigenvalue weighted by Crippen LogP contribution is -1.94. The molecule has 0 aliphatic rings. The molecule has 2 heterocycles. The number of rotatable bonds is 8. The van der Waals surface area contributed by atoms with Gasteiger partial charge in [0.1, 0.15) is 5.58 Å². The number of nitrogens with zero attached hydrogens (tertiary/aromatic N) is 2. The highest BCUT2D eigenvalue weighted by molar-refractivity contribution is 6.10. The predicted octanol–water partition coefficient (Wildman–Crippen LogP) is 15.7. The number of furan rings is 1. The zero-order chi connectivity index (χ0) is 40.5. The van der Waals surface area contributed by atoms with Crippen LogP contribution in [0.25, 0.3) is 111 Å². The Kier molecular flexibility index (Phi) is 9.18. The van der Waals surface area contributed by atoms with E-state index >= 15 is 0 Å². The highest BCUT2D eigenvalue weighted by Gasteiger charge is 2.19. The maximum atomic E-state index is 6.37. The van der Waals surface area contributed by atoms with Crippen molar-refractivity contribution in [1.82, 2.24) is 9.97 Å². The van der Waals surface area contributed by atoms with Crippen LogP contribution in [0.4, 0.5) is 0 Å². The lowest BCUT2D eigenvalue weighted by Gasteiger charge is -2.12. The van der Waals surface area contributed by atoms with Crippen LogP contribution in [0.3, 0.4) is 0 Å². The molecule has 0 spiro atoms. The number of fused-ring (bicyclic) bond motifs is 3. The third kappa shape index (κ3) is 7.09. The van der Waals surface area contributed by atoms with Crippen molar-refractivity contribution in [3.8, 4) is 89.4 Å². The van der Waals surface area contributed by atoms with E-state index in [-0.39, 0.29) is 0 Å². The fourth-order valence-electron chi connectivity index (χ4n) is 8.37. The number of hydrogen-bond donors (Lipinski definition) is 0. The Bertz CT molecular complexity index is 3260. The molecule has 0 unspecified atom stereocenters. The summed E-state index contributed by atoms with van der Waals surface area (Å²) in [6, 6.07) is 81.4. The first-order chi connectivity index (χ1) is 30.2. The number of benzene rings is 9. The molecule has 0 atom stereocenters. The van der Waals surface area contributed by atoms with Crippen LogP contribution < -0.4 is 0 Å². The standard InChI is InChI=1S/C58H38N2O/c1-4-14-39(15-5-1)48-22-13-23-49(35-48)56-55-53-24-10-11-25-54(53)61-58(55)60-57(59-56)45-32-30-43(31-33-45)47-21-12-20-46(34-47)42-26-28-44(29-27-42)52-37-50(40-16-6-2-7-17-40)36-51(38-52)41-18-8-3-9-19-41/h1-38H. The van der Waals surface area contributed by atoms with Gasteiger partial charge in [-0.15, -0.1) is 0 Å². The van der Waals surface area contributed by atoms with Crippen molar-refractivity contribution in [2.45, 2.75) is 0 Å². The minimum Gasteiger partial charge on any atom is -0.438 e. The first kappa shape index (κ1) is 36.0. The number of aromatic nitrogens is 2. The molecular weight excluding hydrogens is 741 g/mol. The van der Waals surface area contributed by atoms with Crippen LogP contribution in [0.1, 0.15) is 0 Å². The fourth-order valence-corrected chi connectivity index (χ4v) is 8.37. The van der Waals surface area contributed by atoms with Gasteiger partial charge in [-0.2, -0.15) is 4.98 Å². The Morgan fingerprint density at radius 1 is 0.262 bits per heavy atom. The molecule has 286 valence electrons. The molecular formula is C58H38N2O. The van der Waals surface area contributed by atoms with E-state index in [9.17, 15) is 0 Å². The molecule has 0 saturated carbocycles. The monoisotopic (exact) mass is 778 g/mol. The quantitative estimate of drug-likeness (QED) is 0.154. The molecule has 0 aliphatic carbocycles. The van der Waals surface area contributed by atoms with E-state index in [1.807, 2.05) is 24.3 Å². The summed E-state index contributed by atoms with van der Waals surface area (Å²) in [5, 5.41) is 1.92. The number of hydrogen-bond acceptors (Lipinski definition) is 3. The van der Waals surface area contributed by atoms with Crippen LogP contribution in [0, 0.1) is 0 Å². The molecule has 0 radical (unpaired) electrons. The molecule has 0 aliphatic heterocycles. The van der Waals surface area contributed by atoms with Crippen LogP contribution in [-0.4, -0.2) is 9.97 Å². The summed E-state index contributed by atoms with van der Waals surface area (Å²) >= 11 is 0. The van der Waals surface area contributed by atoms with Crippen molar-refractivity contribution in [2.75, 3.05) is 0 Å². The molecule has 2 aromatic heterocycles. The Morgan fingerprint density at radius 2 is 0.623 bits per heavy atom. The van der Waals surface area contributed by atoms with Gasteiger partial charge >= 0.3 is 0 Å². The zero-order valence-electron chi connectivity index (χ0n) is 33.2. The van der Waals surface area contributed by atoms with E-state index in [1.54, 1.807) is 0 Å². The summed E-state index contributed by atoms with van der Waals surface area (Å²) < 4.78 is 6.37. The first-order valence-electron chi connectivity index (χ1n) is 20.6. The third-order valence-electron chi connectivity index (χ3n) is 11.5. The zero-order valence-corrected chi connectivity index (χ0v) is 33.2. The molecule has 0 fully saturated rings. The molecule has 61 heavy (non-hydrogen) atoms. The van der Waals surface area contributed by atoms with Crippen molar-refractivity contribution >= 4 is 22.1 Å². The second-order valence-corrected chi connectivity index (χ2v) is 15.4. The summed E-state index contributed by atoms with van der Waals surface area (Å²) in [7, 11) is 0. The Balaban J connectivity index is 0.906. The van der Waals surface area contributed by atoms with E-state index in [1.165, 1.54) is 38.9 Å². The molecule has 9 aromatic carbocycles. The minimum atomic E-state index is 0.578. The van der Waals surface area contributed by atoms with Crippen molar-refractivity contribution in [3.05, 3.63) is 231 Å². The third-order valence-corrected chi connectivity index (χ3v) is 11.5. The highest BCUT2D eigenvalue weighted by Crippen LogP contribution is 2.39. The van der Waals surface area contributed by atoms with Gasteiger partial charge < -0.3 is 4.42 Å². The van der Waals surface area contributed by atoms with E-state index in [0.29, 0.717) is 11.5 Å². The highest BCUT2D eigenvalue weighted by atomic mass is 16.3. The SMILES string of the molecule is c1ccc(-c2cc(-c3ccccc3)cc(-c3ccc(-c4cccc(-c5ccc(-c6nc(-c7cccc(-c8ccccc8)c7)c7c(n6)oc6ccccc67)cc5)c4)cc3)c2)cc1. The van der Waals surface area contributed by atoms with Crippen LogP contribution in [-0.2, 0) is 0 Å². The summed E-state index contributed by atoms with van der Waals surface area (Å²) in [6.07, 6.45) is 0. The van der Waals surface area contributed by atoms with Crippen molar-refractivity contribution in [3.63, 3.8) is 0 Å². The van der Waals surface area contributed by atoms with Gasteiger partial charge in [0, 0.05) is 16.5 Å². The molecule has 11 rings (SSSR count). The molecule has 3 nitrogen and oxygen atoms in total. The van der Waals surface area contributed by atoms with Crippen LogP contribution in [0.2, 0.25) is 0 Å². The van der Waals surface area contributed by atoms with Crippen LogP contribution >= 0.6 is 0 Å². The van der Waals surface area contributed by atoms with Gasteiger partial charge in [-0.05, 0) is 103 Å². The molecule has 0 saturated heterocycles. The Hall–Kier alpha value is -8.14. The van der Waals surface area contributed by atoms with Crippen LogP contribution in [0.15, 0.2) is 235 Å². The lowest BCUT2D eigenvalue weighted by atomic mass is 9.92. The van der Waals surface area contributed by atoms with Gasteiger partial charge in [0.15, 0.2) is 5.82 Å². The minimum absolute atomic E-state index is 0.578. The van der Waals surface area contributed by atoms with Crippen molar-refractivity contribution in [2.24, 2.45) is 0 Å². The van der Waals surface area contributed by atoms with Gasteiger partial charge in [-0.1, -0.05) is 194 Å². The second-order valence-electron chi connectivity index (χ2n) is 15.4. The van der Waals surface area contributed by atoms with Gasteiger partial charge in [0.25, 0.3) is 0 Å². The second kappa shape index (κ2) is 15.6. The maximum Gasteiger partial charge on any atom is 0.231 e. The van der Waals surface area contributed by atoms with Gasteiger partial charge in [0.05, 0.1) is 11.1 Å². The van der Waals surface area contributed by atoms with E-state index < -0.39 is 0 Å². The van der Waals surface area contributed by atoms with E-state index in [4.69, 9.17) is 14.4 Å². The largest absolute Gasteiger partial charge is 0.438 e. The summed E-state index contributed by atoms with van der Waals surface area (Å²) in [5.74, 6) is 0.622. The Morgan fingerprint density at radius 3 is 1.15 bits per heavy atom. The molecule has 11 aromatic rings. The van der Waals surface area contributed by atoms with E-state index in [0.717, 1.165) is 61.0 Å². The first-order valence-corrected chi connectivity index (χ1v) is 20.6. The maximum absolute atomic E-state index is 6.37. The van der Waals surface area contributed by atoms with E-state index in [2.05, 4.69) is 206 Å². The molecule has 0 bridgehead atoms. The topological polar surface area (TPSA) is 38.9 Å². The van der Waals surface area contributed by atoms with Crippen molar-refractivity contribution in [1.29, 1.82) is 0 Å². The lowest BCUT2D eigenvalue weighted by molar-refractivity contribution is 0.653. The Labute approximate surface area is 354 Å². The predicted molar refractivity (Wildman–Crippen MR) is 253 cm³/mol. The summed E-state index contributed by atoms with van der Waals surface area (Å²) in [6.45, 7) is 0. The molecule has 0 N–H and O–H groups in total. The molecule has 0 amide bonds. The smallest absolute Gasteiger partial charge is 0.231 e. The average molecular weight is 779 g/mol. The fraction of sp³-hybridized carbons (Fsp3) is 0. The number of para-hydroxylation sites is 1. The molecule has 3 heteroatoms. The summed E-state index contributed by atoms with van der Waals surface area (Å²) in [4.78, 5) is 10.2. The average Bonchev–Trinajstić information content (AvgIpc) is 3.73. The normalized spacial score (nSPS) is 11.3. The van der Waals surface area contributed by atoms with Gasteiger partial charge in [-0.25, -0.2) is 4.98 Å². The van der Waals surface area contributed by atoms with Gasteiger partial charge in [-0.3, -0.25) is 0 Å². The summed E-state index contributed by atoms with van der Waals surface area (Å²) in [5.41, 5.74) is 18.2. The van der Waals surface area contributed by atoms with Crippen molar-refractivity contribution < 1.29 is 4.42 Å².